The van der Waals surface area contributed by atoms with E-state index in [2.05, 4.69) is 6.92 Å². The van der Waals surface area contributed by atoms with Crippen LogP contribution in [-0.2, 0) is 14.3 Å². The lowest BCUT2D eigenvalue weighted by molar-refractivity contribution is -0.154. The van der Waals surface area contributed by atoms with Crippen LogP contribution < -0.4 is 4.74 Å². The maximum Gasteiger partial charge on any atom is 0.338 e. The van der Waals surface area contributed by atoms with Crippen LogP contribution in [0, 0.1) is 5.41 Å². The highest BCUT2D eigenvalue weighted by molar-refractivity contribution is 5.89. The summed E-state index contributed by atoms with van der Waals surface area (Å²) in [7, 11) is 0. The zero-order valence-electron chi connectivity index (χ0n) is 14.4. The maximum atomic E-state index is 11.9. The third-order valence-corrected chi connectivity index (χ3v) is 3.02. The van der Waals surface area contributed by atoms with Gasteiger partial charge >= 0.3 is 11.9 Å². The number of hydrogen-bond donors (Lipinski definition) is 0. The summed E-state index contributed by atoms with van der Waals surface area (Å²) in [6.45, 7) is 8.17. The molecule has 0 saturated heterocycles. The fraction of sp³-hybridized carbons (Fsp3) is 0.556. The van der Waals surface area contributed by atoms with E-state index in [0.29, 0.717) is 12.2 Å². The van der Waals surface area contributed by atoms with Crippen LogP contribution in [-0.4, -0.2) is 31.8 Å². The number of hydrogen-bond acceptors (Lipinski definition) is 5. The molecule has 23 heavy (non-hydrogen) atoms. The van der Waals surface area contributed by atoms with Crippen LogP contribution in [0.2, 0.25) is 0 Å². The molecule has 0 aromatic heterocycles. The normalized spacial score (nSPS) is 11.0. The molecule has 0 atom stereocenters. The van der Waals surface area contributed by atoms with Crippen molar-refractivity contribution in [2.45, 2.75) is 40.5 Å². The van der Waals surface area contributed by atoms with Crippen LogP contribution >= 0.6 is 0 Å². The van der Waals surface area contributed by atoms with E-state index in [1.807, 2.05) is 0 Å². The molecule has 0 aliphatic rings. The summed E-state index contributed by atoms with van der Waals surface area (Å²) in [6, 6.07) is 6.80. The Bertz CT molecular complexity index is 499. The van der Waals surface area contributed by atoms with E-state index < -0.39 is 11.4 Å². The van der Waals surface area contributed by atoms with E-state index in [4.69, 9.17) is 14.2 Å². The van der Waals surface area contributed by atoms with Crippen LogP contribution in [0.3, 0.4) is 0 Å². The van der Waals surface area contributed by atoms with Gasteiger partial charge in [0.1, 0.15) is 19.0 Å². The molecule has 0 unspecified atom stereocenters. The van der Waals surface area contributed by atoms with Crippen molar-refractivity contribution in [1.82, 2.24) is 0 Å². The predicted molar refractivity (Wildman–Crippen MR) is 87.5 cm³/mol. The first-order valence-corrected chi connectivity index (χ1v) is 7.92. The molecule has 0 spiro atoms. The molecule has 1 aromatic carbocycles. The smallest absolute Gasteiger partial charge is 0.338 e. The van der Waals surface area contributed by atoms with Crippen molar-refractivity contribution in [3.8, 4) is 5.75 Å². The second-order valence-corrected chi connectivity index (χ2v) is 6.25. The lowest BCUT2D eigenvalue weighted by Crippen LogP contribution is -2.24. The Hall–Kier alpha value is -2.04. The van der Waals surface area contributed by atoms with Gasteiger partial charge in [-0.25, -0.2) is 4.79 Å². The first kappa shape index (κ1) is 19.0. The van der Waals surface area contributed by atoms with Crippen molar-refractivity contribution in [2.24, 2.45) is 5.41 Å². The molecule has 128 valence electrons. The van der Waals surface area contributed by atoms with Crippen molar-refractivity contribution >= 4 is 11.9 Å². The molecule has 0 radical (unpaired) electrons. The Morgan fingerprint density at radius 1 is 0.957 bits per heavy atom. The van der Waals surface area contributed by atoms with Gasteiger partial charge < -0.3 is 14.2 Å². The lowest BCUT2D eigenvalue weighted by atomic mass is 9.97. The van der Waals surface area contributed by atoms with Crippen LogP contribution in [0.5, 0.6) is 5.75 Å². The van der Waals surface area contributed by atoms with Gasteiger partial charge in [0.2, 0.25) is 0 Å². The zero-order chi connectivity index (χ0) is 17.3. The third-order valence-electron chi connectivity index (χ3n) is 3.02. The van der Waals surface area contributed by atoms with Crippen molar-refractivity contribution in [3.05, 3.63) is 29.8 Å². The number of carbonyl (C=O) groups excluding carboxylic acids is 2. The molecule has 0 amide bonds. The highest BCUT2D eigenvalue weighted by Crippen LogP contribution is 2.15. The van der Waals surface area contributed by atoms with Gasteiger partial charge in [0.25, 0.3) is 0 Å². The fourth-order valence-electron chi connectivity index (χ4n) is 1.59. The van der Waals surface area contributed by atoms with Gasteiger partial charge in [-0.2, -0.15) is 0 Å². The predicted octanol–water partition coefficient (Wildman–Crippen LogP) is 3.61. The molecule has 0 aliphatic carbocycles. The summed E-state index contributed by atoms with van der Waals surface area (Å²) < 4.78 is 15.6. The quantitative estimate of drug-likeness (QED) is 0.540. The molecular formula is C18H26O5. The van der Waals surface area contributed by atoms with Crippen LogP contribution in [0.1, 0.15) is 50.9 Å². The first-order valence-electron chi connectivity index (χ1n) is 7.92. The summed E-state index contributed by atoms with van der Waals surface area (Å²) in [5, 5.41) is 0. The van der Waals surface area contributed by atoms with Gasteiger partial charge in [-0.3, -0.25) is 4.79 Å². The minimum absolute atomic E-state index is 0.0371. The Balaban J connectivity index is 2.33. The number of benzene rings is 1. The van der Waals surface area contributed by atoms with Crippen molar-refractivity contribution in [2.75, 3.05) is 19.8 Å². The van der Waals surface area contributed by atoms with Gasteiger partial charge in [0.05, 0.1) is 17.6 Å². The SMILES string of the molecule is CCCCOc1ccc(C(=O)OCCOC(=O)C(C)(C)C)cc1. The van der Waals surface area contributed by atoms with E-state index in [1.165, 1.54) is 0 Å². The van der Waals surface area contributed by atoms with E-state index in [-0.39, 0.29) is 19.2 Å². The Morgan fingerprint density at radius 3 is 2.13 bits per heavy atom. The van der Waals surface area contributed by atoms with E-state index >= 15 is 0 Å². The first-order chi connectivity index (χ1) is 10.8. The average Bonchev–Trinajstić information content (AvgIpc) is 2.51. The number of ether oxygens (including phenoxy) is 3. The number of esters is 2. The summed E-state index contributed by atoms with van der Waals surface area (Å²) in [4.78, 5) is 23.4. The summed E-state index contributed by atoms with van der Waals surface area (Å²) in [6.07, 6.45) is 2.07. The fourth-order valence-corrected chi connectivity index (χ4v) is 1.59. The maximum absolute atomic E-state index is 11.9. The molecule has 0 saturated carbocycles. The van der Waals surface area contributed by atoms with Gasteiger partial charge in [0, 0.05) is 0 Å². The Morgan fingerprint density at radius 2 is 1.57 bits per heavy atom. The standard InChI is InChI=1S/C18H26O5/c1-5-6-11-21-15-9-7-14(8-10-15)16(19)22-12-13-23-17(20)18(2,3)4/h7-10H,5-6,11-13H2,1-4H3. The molecule has 5 heteroatoms. The summed E-state index contributed by atoms with van der Waals surface area (Å²) in [5.74, 6) is -0.0341. The van der Waals surface area contributed by atoms with Crippen LogP contribution in [0.25, 0.3) is 0 Å². The molecular weight excluding hydrogens is 296 g/mol. The summed E-state index contributed by atoms with van der Waals surface area (Å²) in [5.41, 5.74) is -0.118. The average molecular weight is 322 g/mol. The number of unbranched alkanes of at least 4 members (excludes halogenated alkanes) is 1. The van der Waals surface area contributed by atoms with Gasteiger partial charge in [-0.1, -0.05) is 13.3 Å². The summed E-state index contributed by atoms with van der Waals surface area (Å²) >= 11 is 0. The third kappa shape index (κ3) is 7.17. The van der Waals surface area contributed by atoms with E-state index in [9.17, 15) is 9.59 Å². The molecule has 0 bridgehead atoms. The topological polar surface area (TPSA) is 61.8 Å². The largest absolute Gasteiger partial charge is 0.494 e. The Labute approximate surface area is 137 Å². The van der Waals surface area contributed by atoms with Crippen LogP contribution in [0.4, 0.5) is 0 Å². The molecule has 0 fully saturated rings. The zero-order valence-corrected chi connectivity index (χ0v) is 14.4. The monoisotopic (exact) mass is 322 g/mol. The number of carbonyl (C=O) groups is 2. The van der Waals surface area contributed by atoms with Gasteiger partial charge in [0.15, 0.2) is 0 Å². The molecule has 1 rings (SSSR count). The van der Waals surface area contributed by atoms with Crippen molar-refractivity contribution in [1.29, 1.82) is 0 Å². The van der Waals surface area contributed by atoms with Crippen molar-refractivity contribution < 1.29 is 23.8 Å². The lowest BCUT2D eigenvalue weighted by Gasteiger charge is -2.16. The van der Waals surface area contributed by atoms with E-state index in [1.54, 1.807) is 45.0 Å². The minimum Gasteiger partial charge on any atom is -0.494 e. The highest BCUT2D eigenvalue weighted by Gasteiger charge is 2.22. The molecule has 0 aliphatic heterocycles. The molecule has 0 heterocycles. The number of rotatable bonds is 8. The molecule has 1 aromatic rings. The van der Waals surface area contributed by atoms with Gasteiger partial charge in [-0.05, 0) is 51.5 Å². The van der Waals surface area contributed by atoms with Crippen LogP contribution in [0.15, 0.2) is 24.3 Å². The second-order valence-electron chi connectivity index (χ2n) is 6.25. The second kappa shape index (κ2) is 9.18. The minimum atomic E-state index is -0.558. The van der Waals surface area contributed by atoms with Crippen molar-refractivity contribution in [3.63, 3.8) is 0 Å². The molecule has 0 N–H and O–H groups in total. The Kier molecular flexibility index (Phi) is 7.59. The van der Waals surface area contributed by atoms with Gasteiger partial charge in [-0.15, -0.1) is 0 Å². The van der Waals surface area contributed by atoms with E-state index in [0.717, 1.165) is 18.6 Å². The molecule has 5 nitrogen and oxygen atoms in total. The highest BCUT2D eigenvalue weighted by atomic mass is 16.6.